The minimum absolute atomic E-state index is 0.0783. The van der Waals surface area contributed by atoms with E-state index in [1.54, 1.807) is 0 Å². The Morgan fingerprint density at radius 3 is 0.877 bits per heavy atom. The minimum atomic E-state index is -0.780. The average molecular weight is 911 g/mol. The van der Waals surface area contributed by atoms with Gasteiger partial charge in [0.2, 0.25) is 0 Å². The highest BCUT2D eigenvalue weighted by Crippen LogP contribution is 2.15. The molecule has 0 spiro atoms. The van der Waals surface area contributed by atoms with Crippen molar-refractivity contribution < 1.29 is 28.6 Å². The van der Waals surface area contributed by atoms with Gasteiger partial charge in [0, 0.05) is 19.3 Å². The predicted molar refractivity (Wildman–Crippen MR) is 279 cm³/mol. The fraction of sp³-hybridized carbons (Fsp3) is 0.814. The van der Waals surface area contributed by atoms with Crippen molar-refractivity contribution >= 4 is 17.9 Å². The summed E-state index contributed by atoms with van der Waals surface area (Å²) in [7, 11) is 0. The lowest BCUT2D eigenvalue weighted by Crippen LogP contribution is -2.30. The van der Waals surface area contributed by atoms with Crippen molar-refractivity contribution in [2.75, 3.05) is 13.2 Å². The van der Waals surface area contributed by atoms with Crippen LogP contribution in [0.3, 0.4) is 0 Å². The second-order valence-corrected chi connectivity index (χ2v) is 18.8. The lowest BCUT2D eigenvalue weighted by atomic mass is 10.1. The van der Waals surface area contributed by atoms with Gasteiger partial charge in [0.25, 0.3) is 0 Å². The predicted octanol–water partition coefficient (Wildman–Crippen LogP) is 18.7. The third kappa shape index (κ3) is 52.2. The number of carbonyl (C=O) groups excluding carboxylic acids is 3. The molecular formula is C59H106O6. The van der Waals surface area contributed by atoms with Gasteiger partial charge in [-0.2, -0.15) is 0 Å². The van der Waals surface area contributed by atoms with Crippen molar-refractivity contribution in [2.45, 2.75) is 297 Å². The maximum Gasteiger partial charge on any atom is 0.306 e. The molecule has 0 fully saturated rings. The van der Waals surface area contributed by atoms with E-state index in [-0.39, 0.29) is 31.1 Å². The Labute approximate surface area is 403 Å². The molecule has 0 aromatic rings. The molecular weight excluding hydrogens is 805 g/mol. The zero-order valence-corrected chi connectivity index (χ0v) is 43.3. The molecule has 6 nitrogen and oxygen atoms in total. The molecule has 0 N–H and O–H groups in total. The molecule has 0 rings (SSSR count). The summed E-state index contributed by atoms with van der Waals surface area (Å²) < 4.78 is 16.8. The number of esters is 3. The molecule has 378 valence electrons. The molecule has 0 aromatic carbocycles. The number of unbranched alkanes of at least 4 members (excludes halogenated alkanes) is 32. The van der Waals surface area contributed by atoms with Crippen LogP contribution in [-0.4, -0.2) is 37.2 Å². The van der Waals surface area contributed by atoms with Crippen molar-refractivity contribution in [1.82, 2.24) is 0 Å². The number of rotatable bonds is 51. The summed E-state index contributed by atoms with van der Waals surface area (Å²) in [6.45, 7) is 6.62. The van der Waals surface area contributed by atoms with Crippen molar-refractivity contribution in [2.24, 2.45) is 0 Å². The molecule has 0 saturated heterocycles. The van der Waals surface area contributed by atoms with Crippen LogP contribution in [0.15, 0.2) is 48.6 Å². The fourth-order valence-corrected chi connectivity index (χ4v) is 8.03. The van der Waals surface area contributed by atoms with Crippen LogP contribution < -0.4 is 0 Å². The maximum atomic E-state index is 12.8. The molecule has 0 heterocycles. The topological polar surface area (TPSA) is 78.9 Å². The quantitative estimate of drug-likeness (QED) is 0.0262. The summed E-state index contributed by atoms with van der Waals surface area (Å²) in [6, 6.07) is 0. The number of ether oxygens (including phenoxy) is 3. The third-order valence-electron chi connectivity index (χ3n) is 12.3. The van der Waals surface area contributed by atoms with Crippen molar-refractivity contribution in [3.63, 3.8) is 0 Å². The van der Waals surface area contributed by atoms with E-state index in [1.165, 1.54) is 161 Å². The van der Waals surface area contributed by atoms with Crippen molar-refractivity contribution in [3.8, 4) is 0 Å². The average Bonchev–Trinajstić information content (AvgIpc) is 3.30. The second-order valence-electron chi connectivity index (χ2n) is 18.8. The van der Waals surface area contributed by atoms with E-state index in [0.29, 0.717) is 19.3 Å². The molecule has 0 amide bonds. The van der Waals surface area contributed by atoms with Crippen LogP contribution in [0.2, 0.25) is 0 Å². The summed E-state index contributed by atoms with van der Waals surface area (Å²) >= 11 is 0. The Kier molecular flexibility index (Phi) is 51.8. The maximum absolute atomic E-state index is 12.8. The molecule has 1 unspecified atom stereocenters. The van der Waals surface area contributed by atoms with Crippen LogP contribution in [0.1, 0.15) is 290 Å². The Balaban J connectivity index is 4.34. The highest BCUT2D eigenvalue weighted by molar-refractivity contribution is 5.71. The molecule has 6 heteroatoms. The summed E-state index contributed by atoms with van der Waals surface area (Å²) in [5.74, 6) is -0.890. The SMILES string of the molecule is CCCCCCC/C=C\C/C=C\C/C=C\CCCCCCCCC(=O)OCC(COC(=O)CCCCCCCCCCCCC)OC(=O)CCCCCCC/C=C\CCCCCCCC. The van der Waals surface area contributed by atoms with E-state index in [4.69, 9.17) is 14.2 Å². The Morgan fingerprint density at radius 1 is 0.308 bits per heavy atom. The molecule has 0 aliphatic heterocycles. The highest BCUT2D eigenvalue weighted by atomic mass is 16.6. The molecule has 0 aromatic heterocycles. The lowest BCUT2D eigenvalue weighted by Gasteiger charge is -2.18. The minimum Gasteiger partial charge on any atom is -0.462 e. The second kappa shape index (κ2) is 54.0. The van der Waals surface area contributed by atoms with E-state index in [1.807, 2.05) is 0 Å². The number of hydrogen-bond donors (Lipinski definition) is 0. The van der Waals surface area contributed by atoms with Crippen molar-refractivity contribution in [3.05, 3.63) is 48.6 Å². The van der Waals surface area contributed by atoms with Gasteiger partial charge in [0.1, 0.15) is 13.2 Å². The van der Waals surface area contributed by atoms with Gasteiger partial charge in [-0.25, -0.2) is 0 Å². The van der Waals surface area contributed by atoms with Gasteiger partial charge in [-0.15, -0.1) is 0 Å². The van der Waals surface area contributed by atoms with Crippen LogP contribution in [0.25, 0.3) is 0 Å². The monoisotopic (exact) mass is 911 g/mol. The first-order valence-electron chi connectivity index (χ1n) is 28.1. The zero-order valence-electron chi connectivity index (χ0n) is 43.3. The summed E-state index contributed by atoms with van der Waals surface area (Å²) in [5.41, 5.74) is 0. The molecule has 0 saturated carbocycles. The van der Waals surface area contributed by atoms with E-state index in [0.717, 1.165) is 89.9 Å². The van der Waals surface area contributed by atoms with E-state index < -0.39 is 6.10 Å². The van der Waals surface area contributed by atoms with E-state index >= 15 is 0 Å². The van der Waals surface area contributed by atoms with Crippen LogP contribution in [-0.2, 0) is 28.6 Å². The van der Waals surface area contributed by atoms with Gasteiger partial charge < -0.3 is 14.2 Å². The van der Waals surface area contributed by atoms with Gasteiger partial charge in [-0.05, 0) is 83.5 Å². The molecule has 0 radical (unpaired) electrons. The number of allylic oxidation sites excluding steroid dienone is 8. The van der Waals surface area contributed by atoms with Gasteiger partial charge in [0.15, 0.2) is 6.10 Å². The normalized spacial score (nSPS) is 12.4. The Bertz CT molecular complexity index is 1140. The van der Waals surface area contributed by atoms with Crippen LogP contribution in [0.4, 0.5) is 0 Å². The summed E-state index contributed by atoms with van der Waals surface area (Å²) in [5, 5.41) is 0. The van der Waals surface area contributed by atoms with Gasteiger partial charge in [-0.3, -0.25) is 14.4 Å². The molecule has 0 bridgehead atoms. The summed E-state index contributed by atoms with van der Waals surface area (Å²) in [6.07, 6.45) is 65.2. The molecule has 1 atom stereocenters. The first-order valence-corrected chi connectivity index (χ1v) is 28.1. The molecule has 65 heavy (non-hydrogen) atoms. The van der Waals surface area contributed by atoms with Gasteiger partial charge in [0.05, 0.1) is 0 Å². The largest absolute Gasteiger partial charge is 0.462 e. The van der Waals surface area contributed by atoms with Crippen molar-refractivity contribution in [1.29, 1.82) is 0 Å². The van der Waals surface area contributed by atoms with Gasteiger partial charge >= 0.3 is 17.9 Å². The Morgan fingerprint density at radius 2 is 0.554 bits per heavy atom. The van der Waals surface area contributed by atoms with Crippen LogP contribution in [0, 0.1) is 0 Å². The highest BCUT2D eigenvalue weighted by Gasteiger charge is 2.19. The van der Waals surface area contributed by atoms with E-state index in [9.17, 15) is 14.4 Å². The fourth-order valence-electron chi connectivity index (χ4n) is 8.03. The lowest BCUT2D eigenvalue weighted by molar-refractivity contribution is -0.167. The van der Waals surface area contributed by atoms with Crippen LogP contribution in [0.5, 0.6) is 0 Å². The first-order chi connectivity index (χ1) is 32.0. The van der Waals surface area contributed by atoms with E-state index in [2.05, 4.69) is 69.4 Å². The smallest absolute Gasteiger partial charge is 0.306 e. The molecule has 0 aliphatic carbocycles. The van der Waals surface area contributed by atoms with Crippen LogP contribution >= 0.6 is 0 Å². The first kappa shape index (κ1) is 62.4. The zero-order chi connectivity index (χ0) is 47.2. The molecule has 0 aliphatic rings. The standard InChI is InChI=1S/C59H106O6/c1-4-7-10-13-16-19-22-24-26-27-28-29-30-31-33-34-37-40-43-46-49-52-58(61)64-55-56(54-63-57(60)51-48-45-42-39-36-21-18-15-12-9-6-3)65-59(62)53-50-47-44-41-38-35-32-25-23-20-17-14-11-8-5-2/h22,24-25,27-28,30-32,56H,4-21,23,26,29,33-55H2,1-3H3/b24-22-,28-27-,31-30-,32-25-. The van der Waals surface area contributed by atoms with Gasteiger partial charge in [-0.1, -0.05) is 236 Å². The number of hydrogen-bond acceptors (Lipinski definition) is 6. The summed E-state index contributed by atoms with van der Waals surface area (Å²) in [4.78, 5) is 38.0. The third-order valence-corrected chi connectivity index (χ3v) is 12.3. The Hall–Kier alpha value is -2.63. The number of carbonyl (C=O) groups is 3.